The van der Waals surface area contributed by atoms with Crippen LogP contribution in [0.3, 0.4) is 0 Å². The molecule has 134 valence electrons. The highest BCUT2D eigenvalue weighted by molar-refractivity contribution is 6.02. The maximum atomic E-state index is 12.7. The van der Waals surface area contributed by atoms with E-state index in [2.05, 4.69) is 10.4 Å². The lowest BCUT2D eigenvalue weighted by molar-refractivity contribution is -0.137. The van der Waals surface area contributed by atoms with E-state index >= 15 is 0 Å². The van der Waals surface area contributed by atoms with Crippen LogP contribution in [0.15, 0.2) is 66.9 Å². The Hall–Kier alpha value is -3.29. The van der Waals surface area contributed by atoms with Crippen molar-refractivity contribution in [1.82, 2.24) is 9.78 Å². The zero-order valence-electron chi connectivity index (χ0n) is 13.4. The van der Waals surface area contributed by atoms with Crippen LogP contribution in [-0.4, -0.2) is 15.7 Å². The van der Waals surface area contributed by atoms with E-state index < -0.39 is 17.6 Å². The van der Waals surface area contributed by atoms with Gasteiger partial charge >= 0.3 is 6.18 Å². The minimum atomic E-state index is -4.44. The molecule has 26 heavy (non-hydrogen) atoms. The molecule has 3 aromatic rings. The number of halogens is 3. The number of rotatable bonds is 5. The Kier molecular flexibility index (Phi) is 4.92. The summed E-state index contributed by atoms with van der Waals surface area (Å²) in [6, 6.07) is 14.9. The second-order valence-electron chi connectivity index (χ2n) is 5.36. The lowest BCUT2D eigenvalue weighted by Gasteiger charge is -2.10. The van der Waals surface area contributed by atoms with E-state index in [1.807, 2.05) is 6.07 Å². The smallest absolute Gasteiger partial charge is 0.416 e. The molecule has 1 amide bonds. The van der Waals surface area contributed by atoms with Crippen molar-refractivity contribution >= 4 is 11.6 Å². The van der Waals surface area contributed by atoms with E-state index in [0.717, 1.165) is 12.1 Å². The molecule has 8 heteroatoms. The Labute approximate surface area is 147 Å². The van der Waals surface area contributed by atoms with Gasteiger partial charge in [0.05, 0.1) is 5.56 Å². The number of anilines is 1. The zero-order chi connectivity index (χ0) is 18.6. The molecule has 0 aliphatic carbocycles. The summed E-state index contributed by atoms with van der Waals surface area (Å²) in [4.78, 5) is 12.1. The highest BCUT2D eigenvalue weighted by atomic mass is 19.4. The number of alkyl halides is 3. The van der Waals surface area contributed by atoms with Gasteiger partial charge in [0.25, 0.3) is 5.91 Å². The van der Waals surface area contributed by atoms with Crippen molar-refractivity contribution in [2.45, 2.75) is 12.9 Å². The average Bonchev–Trinajstić information content (AvgIpc) is 3.10. The average molecular weight is 361 g/mol. The molecule has 1 heterocycles. The Balaban J connectivity index is 1.61. The predicted molar refractivity (Wildman–Crippen MR) is 88.7 cm³/mol. The van der Waals surface area contributed by atoms with Gasteiger partial charge in [0, 0.05) is 11.9 Å². The number of ether oxygens (including phenoxy) is 1. The number of nitrogens with one attached hydrogen (secondary N) is 1. The molecule has 5 nitrogen and oxygen atoms in total. The number of para-hydroxylation sites is 1. The fourth-order valence-electron chi connectivity index (χ4n) is 2.17. The summed E-state index contributed by atoms with van der Waals surface area (Å²) >= 11 is 0. The third-order valence-electron chi connectivity index (χ3n) is 3.43. The fraction of sp³-hybridized carbons (Fsp3) is 0.111. The summed E-state index contributed by atoms with van der Waals surface area (Å²) in [5, 5.41) is 6.74. The van der Waals surface area contributed by atoms with Gasteiger partial charge in [-0.05, 0) is 36.4 Å². The first-order valence-electron chi connectivity index (χ1n) is 7.62. The van der Waals surface area contributed by atoms with E-state index in [1.165, 1.54) is 29.1 Å². The SMILES string of the molecule is O=C(Nc1ccccc1)c1ccn(COc2cccc(C(F)(F)F)c2)n1. The van der Waals surface area contributed by atoms with Crippen LogP contribution >= 0.6 is 0 Å². The standard InChI is InChI=1S/C18H14F3N3O2/c19-18(20,21)13-5-4-8-15(11-13)26-12-24-10-9-16(23-24)17(25)22-14-6-2-1-3-7-14/h1-11H,12H2,(H,22,25). The van der Waals surface area contributed by atoms with Crippen LogP contribution in [0.2, 0.25) is 0 Å². The number of nitrogens with zero attached hydrogens (tertiary/aromatic N) is 2. The van der Waals surface area contributed by atoms with Crippen LogP contribution < -0.4 is 10.1 Å². The van der Waals surface area contributed by atoms with Gasteiger partial charge in [0.2, 0.25) is 0 Å². The summed E-state index contributed by atoms with van der Waals surface area (Å²) in [5.41, 5.74) is 0.00662. The lowest BCUT2D eigenvalue weighted by Crippen LogP contribution is -2.14. The first-order chi connectivity index (χ1) is 12.4. The minimum absolute atomic E-state index is 0.0608. The second kappa shape index (κ2) is 7.30. The van der Waals surface area contributed by atoms with Gasteiger partial charge in [-0.2, -0.15) is 18.3 Å². The van der Waals surface area contributed by atoms with Crippen molar-refractivity contribution in [3.63, 3.8) is 0 Å². The molecule has 0 spiro atoms. The number of benzene rings is 2. The molecule has 0 aliphatic heterocycles. The quantitative estimate of drug-likeness (QED) is 0.741. The van der Waals surface area contributed by atoms with Crippen molar-refractivity contribution in [3.8, 4) is 5.75 Å². The minimum Gasteiger partial charge on any atom is -0.471 e. The molecule has 0 bridgehead atoms. The van der Waals surface area contributed by atoms with Crippen molar-refractivity contribution < 1.29 is 22.7 Å². The van der Waals surface area contributed by atoms with Crippen molar-refractivity contribution in [2.75, 3.05) is 5.32 Å². The molecule has 0 saturated heterocycles. The summed E-state index contributed by atoms with van der Waals surface area (Å²) < 4.78 is 44.7. The van der Waals surface area contributed by atoms with Gasteiger partial charge in [-0.15, -0.1) is 0 Å². The molecule has 0 saturated carbocycles. The van der Waals surface area contributed by atoms with Gasteiger partial charge in [-0.25, -0.2) is 4.68 Å². The number of amides is 1. The van der Waals surface area contributed by atoms with Gasteiger partial charge in [-0.3, -0.25) is 4.79 Å². The fourth-order valence-corrected chi connectivity index (χ4v) is 2.17. The van der Waals surface area contributed by atoms with Crippen molar-refractivity contribution in [3.05, 3.63) is 78.1 Å². The molecule has 0 fully saturated rings. The van der Waals surface area contributed by atoms with E-state index in [4.69, 9.17) is 4.74 Å². The Morgan fingerprint density at radius 2 is 1.85 bits per heavy atom. The topological polar surface area (TPSA) is 56.2 Å². The normalized spacial score (nSPS) is 11.2. The highest BCUT2D eigenvalue weighted by Crippen LogP contribution is 2.31. The maximum Gasteiger partial charge on any atom is 0.416 e. The van der Waals surface area contributed by atoms with Crippen LogP contribution in [0, 0.1) is 0 Å². The number of aromatic nitrogens is 2. The first kappa shape index (κ1) is 17.5. The molecule has 2 aromatic carbocycles. The Morgan fingerprint density at radius 1 is 1.08 bits per heavy atom. The maximum absolute atomic E-state index is 12.7. The molecule has 0 aliphatic rings. The van der Waals surface area contributed by atoms with Gasteiger partial charge in [-0.1, -0.05) is 24.3 Å². The monoisotopic (exact) mass is 361 g/mol. The van der Waals surface area contributed by atoms with E-state index in [0.29, 0.717) is 5.69 Å². The summed E-state index contributed by atoms with van der Waals surface area (Å²) in [7, 11) is 0. The van der Waals surface area contributed by atoms with Gasteiger partial charge < -0.3 is 10.1 Å². The molecule has 3 rings (SSSR count). The summed E-state index contributed by atoms with van der Waals surface area (Å²) in [6.45, 7) is -0.125. The predicted octanol–water partition coefficient (Wildman–Crippen LogP) is 4.19. The highest BCUT2D eigenvalue weighted by Gasteiger charge is 2.30. The molecular weight excluding hydrogens is 347 g/mol. The van der Waals surface area contributed by atoms with Gasteiger partial charge in [0.1, 0.15) is 5.75 Å². The summed E-state index contributed by atoms with van der Waals surface area (Å²) in [6.07, 6.45) is -2.93. The van der Waals surface area contributed by atoms with E-state index in [-0.39, 0.29) is 18.2 Å². The molecule has 1 N–H and O–H groups in total. The molecule has 1 aromatic heterocycles. The van der Waals surface area contributed by atoms with E-state index in [1.54, 1.807) is 24.3 Å². The lowest BCUT2D eigenvalue weighted by atomic mass is 10.2. The largest absolute Gasteiger partial charge is 0.471 e. The number of hydrogen-bond donors (Lipinski definition) is 1. The third-order valence-corrected chi connectivity index (χ3v) is 3.43. The van der Waals surface area contributed by atoms with Crippen LogP contribution in [0.4, 0.5) is 18.9 Å². The molecular formula is C18H14F3N3O2. The van der Waals surface area contributed by atoms with Crippen LogP contribution in [-0.2, 0) is 12.9 Å². The van der Waals surface area contributed by atoms with Crippen molar-refractivity contribution in [1.29, 1.82) is 0 Å². The first-order valence-corrected chi connectivity index (χ1v) is 7.62. The number of carbonyl (C=O) groups excluding carboxylic acids is 1. The van der Waals surface area contributed by atoms with Crippen LogP contribution in [0.1, 0.15) is 16.1 Å². The molecule has 0 unspecified atom stereocenters. The molecule has 0 atom stereocenters. The third kappa shape index (κ3) is 4.41. The number of carbonyl (C=O) groups is 1. The van der Waals surface area contributed by atoms with Crippen LogP contribution in [0.25, 0.3) is 0 Å². The van der Waals surface area contributed by atoms with Crippen molar-refractivity contribution in [2.24, 2.45) is 0 Å². The van der Waals surface area contributed by atoms with Crippen LogP contribution in [0.5, 0.6) is 5.75 Å². The molecule has 0 radical (unpaired) electrons. The zero-order valence-corrected chi connectivity index (χ0v) is 13.4. The summed E-state index contributed by atoms with van der Waals surface area (Å²) in [5.74, 6) is -0.334. The second-order valence-corrected chi connectivity index (χ2v) is 5.36. The van der Waals surface area contributed by atoms with Gasteiger partial charge in [0.15, 0.2) is 12.4 Å². The number of hydrogen-bond acceptors (Lipinski definition) is 3. The Morgan fingerprint density at radius 3 is 2.58 bits per heavy atom. The van der Waals surface area contributed by atoms with E-state index in [9.17, 15) is 18.0 Å². The Bertz CT molecular complexity index is 892.